The van der Waals surface area contributed by atoms with Crippen LogP contribution in [0.3, 0.4) is 0 Å². The molecule has 3 nitrogen and oxygen atoms in total. The molecule has 0 bridgehead atoms. The molecule has 0 fully saturated rings. The van der Waals surface area contributed by atoms with Crippen molar-refractivity contribution in [2.75, 3.05) is 5.32 Å². The van der Waals surface area contributed by atoms with Gasteiger partial charge in [-0.2, -0.15) is 5.10 Å². The number of benzene rings is 2. The van der Waals surface area contributed by atoms with Crippen molar-refractivity contribution in [3.63, 3.8) is 0 Å². The molecule has 0 aliphatic carbocycles. The number of nitrogens with one attached hydrogen (secondary N) is 2. The van der Waals surface area contributed by atoms with Crippen LogP contribution in [0.4, 0.5) is 10.1 Å². The molecule has 0 heterocycles. The van der Waals surface area contributed by atoms with E-state index in [0.717, 1.165) is 16.8 Å². The van der Waals surface area contributed by atoms with Gasteiger partial charge in [-0.1, -0.05) is 24.3 Å². The van der Waals surface area contributed by atoms with Gasteiger partial charge in [0.1, 0.15) is 5.82 Å². The number of hydrazone groups is 1. The summed E-state index contributed by atoms with van der Waals surface area (Å²) in [4.78, 5) is 0. The van der Waals surface area contributed by atoms with Gasteiger partial charge in [-0.05, 0) is 55.9 Å². The molecule has 5 heteroatoms. The number of nitrogens with zero attached hydrogens (tertiary/aromatic N) is 1. The van der Waals surface area contributed by atoms with E-state index in [9.17, 15) is 4.39 Å². The predicted molar refractivity (Wildman–Crippen MR) is 89.1 cm³/mol. The molecule has 21 heavy (non-hydrogen) atoms. The Morgan fingerprint density at radius 1 is 1.10 bits per heavy atom. The first kappa shape index (κ1) is 15.1. The lowest BCUT2D eigenvalue weighted by molar-refractivity contribution is 0.628. The molecule has 2 aromatic rings. The van der Waals surface area contributed by atoms with E-state index in [1.807, 2.05) is 38.1 Å². The summed E-state index contributed by atoms with van der Waals surface area (Å²) in [6.45, 7) is 3.94. The minimum absolute atomic E-state index is 0.284. The van der Waals surface area contributed by atoms with E-state index in [4.69, 9.17) is 12.2 Å². The Balaban J connectivity index is 1.98. The second-order valence-electron chi connectivity index (χ2n) is 4.58. The van der Waals surface area contributed by atoms with Gasteiger partial charge in [0, 0.05) is 11.3 Å². The maximum atomic E-state index is 12.8. The van der Waals surface area contributed by atoms with E-state index in [2.05, 4.69) is 15.8 Å². The molecule has 0 aliphatic rings. The van der Waals surface area contributed by atoms with E-state index in [-0.39, 0.29) is 5.82 Å². The molecular weight excluding hydrogens is 285 g/mol. The first-order valence-corrected chi connectivity index (χ1v) is 6.90. The molecule has 0 aliphatic heterocycles. The first-order valence-electron chi connectivity index (χ1n) is 6.49. The summed E-state index contributed by atoms with van der Waals surface area (Å²) in [7, 11) is 0. The smallest absolute Gasteiger partial charge is 0.191 e. The Labute approximate surface area is 128 Å². The zero-order valence-corrected chi connectivity index (χ0v) is 12.7. The molecule has 0 saturated heterocycles. The van der Waals surface area contributed by atoms with Crippen molar-refractivity contribution in [1.82, 2.24) is 5.43 Å². The van der Waals surface area contributed by atoms with Gasteiger partial charge in [0.2, 0.25) is 0 Å². The summed E-state index contributed by atoms with van der Waals surface area (Å²) in [6, 6.07) is 14.0. The zero-order chi connectivity index (χ0) is 15.2. The van der Waals surface area contributed by atoms with Gasteiger partial charge in [0.25, 0.3) is 0 Å². The highest BCUT2D eigenvalue weighted by Crippen LogP contribution is 2.09. The maximum absolute atomic E-state index is 12.8. The Kier molecular flexibility index (Phi) is 5.00. The number of anilines is 1. The molecule has 0 amide bonds. The Bertz CT molecular complexity index is 665. The summed E-state index contributed by atoms with van der Waals surface area (Å²) in [6.07, 6.45) is 0. The Morgan fingerprint density at radius 3 is 2.43 bits per heavy atom. The minimum Gasteiger partial charge on any atom is -0.331 e. The number of hydrogen-bond donors (Lipinski definition) is 2. The fourth-order valence-electron chi connectivity index (χ4n) is 1.87. The van der Waals surface area contributed by atoms with Crippen molar-refractivity contribution in [1.29, 1.82) is 0 Å². The second-order valence-corrected chi connectivity index (χ2v) is 4.99. The molecule has 0 saturated carbocycles. The van der Waals surface area contributed by atoms with Crippen molar-refractivity contribution in [3.05, 3.63) is 65.5 Å². The van der Waals surface area contributed by atoms with Gasteiger partial charge < -0.3 is 5.32 Å². The second kappa shape index (κ2) is 6.95. The average molecular weight is 301 g/mol. The molecular formula is C16H16FN3S. The van der Waals surface area contributed by atoms with Crippen LogP contribution in [0.15, 0.2) is 53.6 Å². The number of aryl methyl sites for hydroxylation is 1. The predicted octanol–water partition coefficient (Wildman–Crippen LogP) is 3.84. The van der Waals surface area contributed by atoms with Gasteiger partial charge in [-0.25, -0.2) is 4.39 Å². The summed E-state index contributed by atoms with van der Waals surface area (Å²) in [5, 5.41) is 7.55. The van der Waals surface area contributed by atoms with Crippen LogP contribution in [0.1, 0.15) is 18.1 Å². The van der Waals surface area contributed by atoms with E-state index >= 15 is 0 Å². The van der Waals surface area contributed by atoms with Crippen LogP contribution in [-0.4, -0.2) is 10.8 Å². The lowest BCUT2D eigenvalue weighted by atomic mass is 10.1. The number of halogens is 1. The monoisotopic (exact) mass is 301 g/mol. The van der Waals surface area contributed by atoms with Crippen molar-refractivity contribution in [3.8, 4) is 0 Å². The van der Waals surface area contributed by atoms with E-state index in [1.165, 1.54) is 12.1 Å². The minimum atomic E-state index is -0.284. The van der Waals surface area contributed by atoms with Gasteiger partial charge in [0.05, 0.1) is 5.71 Å². The summed E-state index contributed by atoms with van der Waals surface area (Å²) in [5.74, 6) is -0.284. The van der Waals surface area contributed by atoms with E-state index in [0.29, 0.717) is 10.8 Å². The van der Waals surface area contributed by atoms with Crippen molar-refractivity contribution in [2.24, 2.45) is 5.10 Å². The van der Waals surface area contributed by atoms with Crippen LogP contribution in [0.2, 0.25) is 0 Å². The molecule has 0 spiro atoms. The highest BCUT2D eigenvalue weighted by Gasteiger charge is 2.01. The Morgan fingerprint density at radius 2 is 1.76 bits per heavy atom. The largest absolute Gasteiger partial charge is 0.331 e. The van der Waals surface area contributed by atoms with Gasteiger partial charge in [-0.15, -0.1) is 0 Å². The van der Waals surface area contributed by atoms with Crippen LogP contribution in [0, 0.1) is 12.7 Å². The molecule has 2 rings (SSSR count). The molecule has 0 atom stereocenters. The van der Waals surface area contributed by atoms with Crippen LogP contribution in [0.25, 0.3) is 0 Å². The van der Waals surface area contributed by atoms with Crippen LogP contribution < -0.4 is 10.7 Å². The topological polar surface area (TPSA) is 36.4 Å². The number of hydrogen-bond acceptors (Lipinski definition) is 2. The maximum Gasteiger partial charge on any atom is 0.191 e. The zero-order valence-electron chi connectivity index (χ0n) is 11.9. The molecule has 0 unspecified atom stereocenters. The highest BCUT2D eigenvalue weighted by molar-refractivity contribution is 7.80. The Hall–Kier alpha value is -2.27. The third kappa shape index (κ3) is 4.36. The number of rotatable bonds is 3. The molecule has 2 aromatic carbocycles. The SMILES string of the molecule is C/C(=N/NC(=S)Nc1ccc(F)cc1)c1ccccc1C. The van der Waals surface area contributed by atoms with Crippen LogP contribution in [-0.2, 0) is 0 Å². The molecule has 0 aromatic heterocycles. The van der Waals surface area contributed by atoms with E-state index in [1.54, 1.807) is 12.1 Å². The fraction of sp³-hybridized carbons (Fsp3) is 0.125. The lowest BCUT2D eigenvalue weighted by Crippen LogP contribution is -2.25. The van der Waals surface area contributed by atoms with Crippen LogP contribution in [0.5, 0.6) is 0 Å². The number of thiocarbonyl (C=S) groups is 1. The van der Waals surface area contributed by atoms with Gasteiger partial charge >= 0.3 is 0 Å². The fourth-order valence-corrected chi connectivity index (χ4v) is 2.03. The average Bonchev–Trinajstić information content (AvgIpc) is 2.48. The summed E-state index contributed by atoms with van der Waals surface area (Å²) < 4.78 is 12.8. The highest BCUT2D eigenvalue weighted by atomic mass is 32.1. The first-order chi connectivity index (χ1) is 10.1. The van der Waals surface area contributed by atoms with Crippen molar-refractivity contribution in [2.45, 2.75) is 13.8 Å². The normalized spacial score (nSPS) is 11.1. The summed E-state index contributed by atoms with van der Waals surface area (Å²) >= 11 is 5.15. The molecule has 2 N–H and O–H groups in total. The molecule has 0 radical (unpaired) electrons. The van der Waals surface area contributed by atoms with Crippen LogP contribution >= 0.6 is 12.2 Å². The van der Waals surface area contributed by atoms with Crippen molar-refractivity contribution >= 4 is 28.7 Å². The van der Waals surface area contributed by atoms with Crippen molar-refractivity contribution < 1.29 is 4.39 Å². The van der Waals surface area contributed by atoms with Gasteiger partial charge in [0.15, 0.2) is 5.11 Å². The summed E-state index contributed by atoms with van der Waals surface area (Å²) in [5.41, 5.74) is 6.55. The molecule has 108 valence electrons. The standard InChI is InChI=1S/C16H16FN3S/c1-11-5-3-4-6-15(11)12(2)19-20-16(21)18-14-9-7-13(17)8-10-14/h3-10H,1-2H3,(H2,18,20,21)/b19-12-. The van der Waals surface area contributed by atoms with Gasteiger partial charge in [-0.3, -0.25) is 5.43 Å². The quantitative estimate of drug-likeness (QED) is 0.514. The lowest BCUT2D eigenvalue weighted by Gasteiger charge is -2.09. The third-order valence-corrected chi connectivity index (χ3v) is 3.16. The third-order valence-electron chi connectivity index (χ3n) is 2.96. The van der Waals surface area contributed by atoms with E-state index < -0.39 is 0 Å².